The first-order valence-corrected chi connectivity index (χ1v) is 24.5. The van der Waals surface area contributed by atoms with Gasteiger partial charge in [-0.25, -0.2) is 0 Å². The highest BCUT2D eigenvalue weighted by atomic mass is 31.2. The minimum Gasteiger partial charge on any atom is -0.756 e. The minimum atomic E-state index is -4.64. The molecule has 1 unspecified atom stereocenters. The van der Waals surface area contributed by atoms with Gasteiger partial charge in [0.2, 0.25) is 0 Å². The summed E-state index contributed by atoms with van der Waals surface area (Å²) in [6.45, 7) is 4.05. The number of phosphoric acid groups is 1. The number of hydrogen-bond acceptors (Lipinski definition) is 8. The highest BCUT2D eigenvalue weighted by Crippen LogP contribution is 2.38. The second kappa shape index (κ2) is 40.1. The molecular weight excluding hydrogens is 750 g/mol. The maximum Gasteiger partial charge on any atom is 0.306 e. The van der Waals surface area contributed by atoms with E-state index in [1.54, 1.807) is 0 Å². The van der Waals surface area contributed by atoms with E-state index in [0.29, 0.717) is 23.9 Å². The molecule has 0 heterocycles. The van der Waals surface area contributed by atoms with Crippen molar-refractivity contribution >= 4 is 19.8 Å². The zero-order valence-corrected chi connectivity index (χ0v) is 38.6. The Kier molecular flexibility index (Phi) is 38.5. The molecule has 0 N–H and O–H groups in total. The Labute approximate surface area is 356 Å². The lowest BCUT2D eigenvalue weighted by Crippen LogP contribution is -2.37. The third-order valence-corrected chi connectivity index (χ3v) is 10.5. The summed E-state index contributed by atoms with van der Waals surface area (Å²) < 4.78 is 33.9. The molecule has 0 saturated heterocycles. The Balaban J connectivity index is 4.41. The van der Waals surface area contributed by atoms with Crippen molar-refractivity contribution in [3.05, 3.63) is 60.8 Å². The molecule has 0 aliphatic rings. The first kappa shape index (κ1) is 55.7. The molecule has 0 aliphatic heterocycles. The third-order valence-electron chi connectivity index (χ3n) is 9.55. The molecule has 2 atom stereocenters. The number of ether oxygens (including phenoxy) is 2. The first-order valence-electron chi connectivity index (χ1n) is 23.0. The van der Waals surface area contributed by atoms with Crippen LogP contribution in [0.15, 0.2) is 60.8 Å². The molecule has 0 aromatic rings. The topological polar surface area (TPSA) is 111 Å². The number of phosphoric ester groups is 1. The second-order valence-corrected chi connectivity index (χ2v) is 17.8. The smallest absolute Gasteiger partial charge is 0.306 e. The van der Waals surface area contributed by atoms with Gasteiger partial charge in [0.1, 0.15) is 19.8 Å². The van der Waals surface area contributed by atoms with E-state index >= 15 is 0 Å². The number of rotatable bonds is 41. The quantitative estimate of drug-likeness (QED) is 0.0197. The number of hydrogen-bond donors (Lipinski definition) is 0. The molecule has 0 fully saturated rings. The van der Waals surface area contributed by atoms with E-state index in [1.165, 1.54) is 89.9 Å². The van der Waals surface area contributed by atoms with Gasteiger partial charge in [0.15, 0.2) is 6.10 Å². The van der Waals surface area contributed by atoms with Gasteiger partial charge in [-0.3, -0.25) is 14.2 Å². The zero-order valence-electron chi connectivity index (χ0n) is 37.7. The van der Waals surface area contributed by atoms with E-state index in [-0.39, 0.29) is 26.1 Å². The zero-order chi connectivity index (χ0) is 42.8. The molecule has 0 aromatic heterocycles. The first-order chi connectivity index (χ1) is 28.0. The Morgan fingerprint density at radius 3 is 1.45 bits per heavy atom. The number of likely N-dealkylation sites (N-methyl/N-ethyl adjacent to an activating group) is 1. The van der Waals surface area contributed by atoms with Gasteiger partial charge in [-0.1, -0.05) is 177 Å². The van der Waals surface area contributed by atoms with E-state index in [4.69, 9.17) is 18.5 Å². The van der Waals surface area contributed by atoms with E-state index in [9.17, 15) is 19.0 Å². The number of quaternary nitrogens is 1. The van der Waals surface area contributed by atoms with Gasteiger partial charge in [-0.2, -0.15) is 0 Å². The average molecular weight is 836 g/mol. The summed E-state index contributed by atoms with van der Waals surface area (Å²) in [5, 5.41) is 0. The summed E-state index contributed by atoms with van der Waals surface area (Å²) in [7, 11) is 1.13. The number of carbonyl (C=O) groups is 2. The second-order valence-electron chi connectivity index (χ2n) is 16.4. The van der Waals surface area contributed by atoms with Crippen LogP contribution in [0.4, 0.5) is 0 Å². The molecule has 0 rings (SSSR count). The van der Waals surface area contributed by atoms with Crippen molar-refractivity contribution < 1.29 is 42.1 Å². The highest BCUT2D eigenvalue weighted by Gasteiger charge is 2.21. The average Bonchev–Trinajstić information content (AvgIpc) is 3.17. The van der Waals surface area contributed by atoms with Gasteiger partial charge in [0.05, 0.1) is 27.7 Å². The molecule has 0 saturated carbocycles. The lowest BCUT2D eigenvalue weighted by molar-refractivity contribution is -0.870. The Morgan fingerprint density at radius 2 is 0.983 bits per heavy atom. The van der Waals surface area contributed by atoms with Crippen LogP contribution >= 0.6 is 7.82 Å². The van der Waals surface area contributed by atoms with Crippen LogP contribution in [0, 0.1) is 0 Å². The van der Waals surface area contributed by atoms with E-state index < -0.39 is 32.5 Å². The highest BCUT2D eigenvalue weighted by molar-refractivity contribution is 7.45. The molecule has 9 nitrogen and oxygen atoms in total. The molecule has 58 heavy (non-hydrogen) atoms. The molecule has 336 valence electrons. The normalized spacial score (nSPS) is 14.1. The van der Waals surface area contributed by atoms with Gasteiger partial charge in [0, 0.05) is 12.8 Å². The van der Waals surface area contributed by atoms with Crippen molar-refractivity contribution in [2.45, 2.75) is 187 Å². The molecule has 0 bridgehead atoms. The monoisotopic (exact) mass is 836 g/mol. The van der Waals surface area contributed by atoms with E-state index in [1.807, 2.05) is 27.2 Å². The fraction of sp³-hybridized carbons (Fsp3) is 0.750. The van der Waals surface area contributed by atoms with Crippen LogP contribution in [0.3, 0.4) is 0 Å². The summed E-state index contributed by atoms with van der Waals surface area (Å²) in [5.74, 6) is -0.901. The van der Waals surface area contributed by atoms with Crippen molar-refractivity contribution in [1.29, 1.82) is 0 Å². The van der Waals surface area contributed by atoms with Crippen LogP contribution in [0.2, 0.25) is 0 Å². The largest absolute Gasteiger partial charge is 0.756 e. The van der Waals surface area contributed by atoms with Crippen molar-refractivity contribution in [2.24, 2.45) is 0 Å². The predicted molar refractivity (Wildman–Crippen MR) is 240 cm³/mol. The maximum absolute atomic E-state index is 12.7. The van der Waals surface area contributed by atoms with Gasteiger partial charge >= 0.3 is 11.9 Å². The summed E-state index contributed by atoms with van der Waals surface area (Å²) >= 11 is 0. The van der Waals surface area contributed by atoms with Gasteiger partial charge in [-0.05, 0) is 51.4 Å². The number of allylic oxidation sites excluding steroid dienone is 10. The summed E-state index contributed by atoms with van der Waals surface area (Å²) in [6.07, 6.45) is 48.3. The van der Waals surface area contributed by atoms with Crippen LogP contribution in [0.25, 0.3) is 0 Å². The lowest BCUT2D eigenvalue weighted by Gasteiger charge is -2.28. The fourth-order valence-electron chi connectivity index (χ4n) is 5.98. The summed E-state index contributed by atoms with van der Waals surface area (Å²) in [6, 6.07) is 0. The number of unbranched alkanes of at least 4 members (excludes halogenated alkanes) is 17. The Hall–Kier alpha value is -2.29. The molecule has 10 heteroatoms. The molecule has 0 amide bonds. The minimum absolute atomic E-state index is 0.0428. The van der Waals surface area contributed by atoms with Crippen molar-refractivity contribution in [1.82, 2.24) is 0 Å². The molecule has 0 aromatic carbocycles. The number of esters is 2. The molecule has 0 aliphatic carbocycles. The van der Waals surface area contributed by atoms with Crippen molar-refractivity contribution in [3.8, 4) is 0 Å². The number of carbonyl (C=O) groups excluding carboxylic acids is 2. The molecular formula is C48H86NO8P. The Bertz CT molecular complexity index is 1170. The fourth-order valence-corrected chi connectivity index (χ4v) is 6.71. The standard InChI is InChI=1S/C48H86NO8P/c1-6-8-10-12-14-16-18-20-22-24-26-28-30-32-34-36-38-40-47(50)54-44-46(45-56-58(52,53)55-43-42-49(3,4)5)57-48(51)41-39-37-35-33-31-29-27-25-23-21-19-17-15-13-11-9-7-2/h9,11,15,17,21,23,27,29,33,35,46H,6-8,10,12-14,16,18-20,22,24-26,28,30-32,34,36-45H2,1-5H3/b11-9+,17-15+,23-21+,29-27+,35-33+/t46-/m1/s1. The maximum atomic E-state index is 12.7. The van der Waals surface area contributed by atoms with Crippen LogP contribution in [-0.4, -0.2) is 70.0 Å². The lowest BCUT2D eigenvalue weighted by atomic mass is 10.0. The van der Waals surface area contributed by atoms with E-state index in [0.717, 1.165) is 51.4 Å². The van der Waals surface area contributed by atoms with Gasteiger partial charge in [-0.15, -0.1) is 0 Å². The summed E-state index contributed by atoms with van der Waals surface area (Å²) in [4.78, 5) is 37.6. The van der Waals surface area contributed by atoms with Crippen molar-refractivity contribution in [3.63, 3.8) is 0 Å². The SMILES string of the molecule is CC/C=C/C/C=C/C/C=C/C/C=C/C/C=C/CCCC(=O)O[C@H](COC(=O)CCCCCCCCCCCCCCCCCCC)COP(=O)([O-])OCC[N+](C)(C)C. The number of nitrogens with zero attached hydrogens (tertiary/aromatic N) is 1. The van der Waals surface area contributed by atoms with Crippen molar-refractivity contribution in [2.75, 3.05) is 47.5 Å². The third kappa shape index (κ3) is 43.3. The van der Waals surface area contributed by atoms with Crippen LogP contribution in [0.5, 0.6) is 0 Å². The van der Waals surface area contributed by atoms with Crippen LogP contribution in [0.1, 0.15) is 181 Å². The molecule has 0 spiro atoms. The van der Waals surface area contributed by atoms with Crippen LogP contribution < -0.4 is 4.89 Å². The van der Waals surface area contributed by atoms with Gasteiger partial charge < -0.3 is 27.9 Å². The van der Waals surface area contributed by atoms with Crippen LogP contribution in [-0.2, 0) is 32.7 Å². The predicted octanol–water partition coefficient (Wildman–Crippen LogP) is 12.6. The van der Waals surface area contributed by atoms with Gasteiger partial charge in [0.25, 0.3) is 7.82 Å². The van der Waals surface area contributed by atoms with E-state index in [2.05, 4.69) is 68.5 Å². The molecule has 0 radical (unpaired) electrons. The Morgan fingerprint density at radius 1 is 0.552 bits per heavy atom. The summed E-state index contributed by atoms with van der Waals surface area (Å²) in [5.41, 5.74) is 0.